The van der Waals surface area contributed by atoms with Gasteiger partial charge in [0, 0.05) is 19.8 Å². The van der Waals surface area contributed by atoms with Crippen molar-refractivity contribution >= 4 is 44.8 Å². The number of hydrogen-bond acceptors (Lipinski definition) is 6. The molecule has 0 unspecified atom stereocenters. The molecule has 2 N–H and O–H groups in total. The molecule has 15 heteroatoms. The highest BCUT2D eigenvalue weighted by atomic mass is 79.9. The second-order valence-electron chi connectivity index (χ2n) is 7.38. The maximum Gasteiger partial charge on any atom is 0.433 e. The lowest BCUT2D eigenvalue weighted by Crippen LogP contribution is -2.21. The van der Waals surface area contributed by atoms with Gasteiger partial charge in [0.2, 0.25) is 0 Å². The SMILES string of the molecule is Cc1cc(C(F)(F)F)n2nc(C(=O)Nc3cnn(C)c3C(=O)Nc3cnn(C)c3C)c(Br)c2n1. The van der Waals surface area contributed by atoms with Crippen molar-refractivity contribution in [1.29, 1.82) is 0 Å². The molecule has 0 aliphatic carbocycles. The van der Waals surface area contributed by atoms with Crippen molar-refractivity contribution in [2.75, 3.05) is 10.6 Å². The quantitative estimate of drug-likeness (QED) is 0.410. The topological polar surface area (TPSA) is 124 Å². The van der Waals surface area contributed by atoms with Gasteiger partial charge in [-0.2, -0.15) is 28.5 Å². The number of nitrogens with zero attached hydrogens (tertiary/aromatic N) is 7. The summed E-state index contributed by atoms with van der Waals surface area (Å²) < 4.78 is 43.8. The van der Waals surface area contributed by atoms with E-state index in [9.17, 15) is 22.8 Å². The molecular weight excluding hydrogens is 523 g/mol. The standard InChI is InChI=1S/C19H17BrF3N9O2/c1-8-5-12(19(21,22)23)32-16(26-8)13(20)14(29-32)17(33)28-11-7-25-31(4)15(11)18(34)27-10-6-24-30(3)9(10)2/h5-7H,1-4H3,(H,27,34)(H,28,33). The zero-order valence-electron chi connectivity index (χ0n) is 18.2. The van der Waals surface area contributed by atoms with Crippen LogP contribution >= 0.6 is 15.9 Å². The molecule has 0 fully saturated rings. The van der Waals surface area contributed by atoms with Crippen molar-refractivity contribution < 1.29 is 22.8 Å². The maximum atomic E-state index is 13.5. The number of fused-ring (bicyclic) bond motifs is 1. The van der Waals surface area contributed by atoms with Crippen LogP contribution in [-0.2, 0) is 20.3 Å². The van der Waals surface area contributed by atoms with Crippen molar-refractivity contribution in [2.24, 2.45) is 14.1 Å². The van der Waals surface area contributed by atoms with Crippen LogP contribution in [0.2, 0.25) is 0 Å². The van der Waals surface area contributed by atoms with Crippen LogP contribution < -0.4 is 10.6 Å². The normalized spacial score (nSPS) is 11.8. The van der Waals surface area contributed by atoms with E-state index in [0.29, 0.717) is 15.9 Å². The average molecular weight is 540 g/mol. The molecular formula is C19H17BrF3N9O2. The van der Waals surface area contributed by atoms with E-state index in [1.165, 1.54) is 31.0 Å². The minimum absolute atomic E-state index is 0.0152. The lowest BCUT2D eigenvalue weighted by molar-refractivity contribution is -0.142. The summed E-state index contributed by atoms with van der Waals surface area (Å²) in [6.07, 6.45) is -2.00. The van der Waals surface area contributed by atoms with E-state index in [1.807, 2.05) is 0 Å². The van der Waals surface area contributed by atoms with Crippen LogP contribution in [0.1, 0.15) is 38.1 Å². The molecule has 0 aromatic carbocycles. The van der Waals surface area contributed by atoms with Crippen LogP contribution in [0.25, 0.3) is 5.65 Å². The molecule has 0 saturated heterocycles. The molecule has 0 saturated carbocycles. The minimum Gasteiger partial charge on any atom is -0.318 e. The summed E-state index contributed by atoms with van der Waals surface area (Å²) in [5.41, 5.74) is -0.270. The zero-order chi connectivity index (χ0) is 24.9. The molecule has 0 atom stereocenters. The second-order valence-corrected chi connectivity index (χ2v) is 8.18. The first kappa shape index (κ1) is 23.4. The van der Waals surface area contributed by atoms with Crippen molar-refractivity contribution in [1.82, 2.24) is 34.2 Å². The van der Waals surface area contributed by atoms with Crippen molar-refractivity contribution in [3.63, 3.8) is 0 Å². The van der Waals surface area contributed by atoms with Gasteiger partial charge < -0.3 is 10.6 Å². The zero-order valence-corrected chi connectivity index (χ0v) is 19.8. The van der Waals surface area contributed by atoms with E-state index < -0.39 is 23.7 Å². The number of amides is 2. The number of anilines is 2. The number of carbonyl (C=O) groups is 2. The molecule has 4 heterocycles. The Morgan fingerprint density at radius 3 is 2.24 bits per heavy atom. The molecule has 34 heavy (non-hydrogen) atoms. The molecule has 0 aliphatic rings. The molecule has 4 aromatic heterocycles. The number of alkyl halides is 3. The Morgan fingerprint density at radius 2 is 1.62 bits per heavy atom. The van der Waals surface area contributed by atoms with Crippen molar-refractivity contribution in [2.45, 2.75) is 20.0 Å². The number of rotatable bonds is 4. The highest BCUT2D eigenvalue weighted by Gasteiger charge is 2.36. The Bertz CT molecular complexity index is 1450. The van der Waals surface area contributed by atoms with E-state index in [1.54, 1.807) is 18.7 Å². The average Bonchev–Trinajstić information content (AvgIpc) is 3.38. The number of halogens is 4. The van der Waals surface area contributed by atoms with Gasteiger partial charge in [0.05, 0.1) is 33.9 Å². The fourth-order valence-corrected chi connectivity index (χ4v) is 3.76. The lowest BCUT2D eigenvalue weighted by atomic mass is 10.3. The predicted octanol–water partition coefficient (Wildman–Crippen LogP) is 3.10. The molecule has 0 bridgehead atoms. The summed E-state index contributed by atoms with van der Waals surface area (Å²) in [6.45, 7) is 3.17. The number of nitrogens with one attached hydrogen (secondary N) is 2. The summed E-state index contributed by atoms with van der Waals surface area (Å²) in [4.78, 5) is 29.9. The van der Waals surface area contributed by atoms with Gasteiger partial charge in [-0.25, -0.2) is 9.50 Å². The Labute approximate surface area is 198 Å². The first-order chi connectivity index (χ1) is 15.9. The van der Waals surface area contributed by atoms with Crippen molar-refractivity contribution in [3.05, 3.63) is 51.4 Å². The number of aryl methyl sites for hydroxylation is 3. The fourth-order valence-electron chi connectivity index (χ4n) is 3.24. The lowest BCUT2D eigenvalue weighted by Gasteiger charge is -2.09. The third-order valence-corrected chi connectivity index (χ3v) is 5.78. The number of aromatic nitrogens is 7. The van der Waals surface area contributed by atoms with Gasteiger partial charge in [-0.3, -0.25) is 19.0 Å². The van der Waals surface area contributed by atoms with Crippen LogP contribution in [0, 0.1) is 13.8 Å². The van der Waals surface area contributed by atoms with Gasteiger partial charge in [0.25, 0.3) is 11.8 Å². The number of hydrogen-bond donors (Lipinski definition) is 2. The van der Waals surface area contributed by atoms with Gasteiger partial charge in [-0.1, -0.05) is 0 Å². The Kier molecular flexibility index (Phi) is 5.67. The van der Waals surface area contributed by atoms with E-state index in [0.717, 1.165) is 6.07 Å². The van der Waals surface area contributed by atoms with E-state index in [4.69, 9.17) is 0 Å². The van der Waals surface area contributed by atoms with Gasteiger partial charge >= 0.3 is 6.18 Å². The van der Waals surface area contributed by atoms with Gasteiger partial charge in [-0.15, -0.1) is 0 Å². The molecule has 4 rings (SSSR count). The van der Waals surface area contributed by atoms with Crippen molar-refractivity contribution in [3.8, 4) is 0 Å². The maximum absolute atomic E-state index is 13.5. The van der Waals surface area contributed by atoms with Crippen LogP contribution in [-0.4, -0.2) is 46.0 Å². The minimum atomic E-state index is -4.72. The molecule has 0 spiro atoms. The van der Waals surface area contributed by atoms with Gasteiger partial charge in [-0.05, 0) is 35.8 Å². The first-order valence-corrected chi connectivity index (χ1v) is 10.4. The molecule has 178 valence electrons. The van der Waals surface area contributed by atoms with E-state index in [2.05, 4.69) is 46.8 Å². The summed E-state index contributed by atoms with van der Waals surface area (Å²) in [6, 6.07) is 0.831. The van der Waals surface area contributed by atoms with E-state index >= 15 is 0 Å². The third kappa shape index (κ3) is 4.02. The van der Waals surface area contributed by atoms with Gasteiger partial charge in [0.15, 0.2) is 11.3 Å². The Hall–Kier alpha value is -3.75. The second kappa shape index (κ2) is 8.23. The molecule has 0 radical (unpaired) electrons. The summed E-state index contributed by atoms with van der Waals surface area (Å²) in [7, 11) is 3.22. The smallest absolute Gasteiger partial charge is 0.318 e. The van der Waals surface area contributed by atoms with Crippen LogP contribution in [0.5, 0.6) is 0 Å². The summed E-state index contributed by atoms with van der Waals surface area (Å²) in [5, 5.41) is 17.0. The Balaban J connectivity index is 1.67. The number of carbonyl (C=O) groups excluding carboxylic acids is 2. The monoisotopic (exact) mass is 539 g/mol. The molecule has 0 aliphatic heterocycles. The van der Waals surface area contributed by atoms with Crippen LogP contribution in [0.4, 0.5) is 24.5 Å². The highest BCUT2D eigenvalue weighted by molar-refractivity contribution is 9.10. The van der Waals surface area contributed by atoms with E-state index in [-0.39, 0.29) is 32.9 Å². The summed E-state index contributed by atoms with van der Waals surface area (Å²) >= 11 is 3.12. The van der Waals surface area contributed by atoms with Crippen LogP contribution in [0.3, 0.4) is 0 Å². The predicted molar refractivity (Wildman–Crippen MR) is 117 cm³/mol. The Morgan fingerprint density at radius 1 is 1.00 bits per heavy atom. The molecule has 11 nitrogen and oxygen atoms in total. The highest BCUT2D eigenvalue weighted by Crippen LogP contribution is 2.32. The largest absolute Gasteiger partial charge is 0.433 e. The first-order valence-electron chi connectivity index (χ1n) is 9.64. The fraction of sp³-hybridized carbons (Fsp3) is 0.263. The summed E-state index contributed by atoms with van der Waals surface area (Å²) in [5.74, 6) is -1.43. The molecule has 4 aromatic rings. The van der Waals surface area contributed by atoms with Crippen LogP contribution in [0.15, 0.2) is 22.9 Å². The van der Waals surface area contributed by atoms with Gasteiger partial charge in [0.1, 0.15) is 11.4 Å². The third-order valence-electron chi connectivity index (χ3n) is 5.05. The molecule has 2 amide bonds.